The number of aromatic nitrogens is 6. The van der Waals surface area contributed by atoms with E-state index in [0.29, 0.717) is 11.3 Å². The van der Waals surface area contributed by atoms with E-state index in [1.807, 2.05) is 25.1 Å². The highest BCUT2D eigenvalue weighted by molar-refractivity contribution is 6.18. The van der Waals surface area contributed by atoms with E-state index in [9.17, 15) is 11.8 Å². The molecule has 6 heterocycles. The molecule has 0 radical (unpaired) electrons. The Morgan fingerprint density at radius 1 is 0.267 bits per heavy atom. The van der Waals surface area contributed by atoms with Gasteiger partial charge in [-0.15, -0.1) is 0 Å². The van der Waals surface area contributed by atoms with Gasteiger partial charge in [0.05, 0.1) is 90.1 Å². The number of fused-ring (bicyclic) bond motifs is 18. The average molecular weight is 1290 g/mol. The van der Waals surface area contributed by atoms with Crippen LogP contribution in [0.4, 0.5) is 5.69 Å². The van der Waals surface area contributed by atoms with Crippen molar-refractivity contribution in [1.82, 2.24) is 27.4 Å². The minimum atomic E-state index is 0.493. The summed E-state index contributed by atoms with van der Waals surface area (Å²) in [5.74, 6) is 0. The molecule has 6 aromatic heterocycles. The van der Waals surface area contributed by atoms with E-state index >= 15 is 0 Å². The van der Waals surface area contributed by atoms with Crippen LogP contribution in [0.5, 0.6) is 0 Å². The number of hydrogen-bond donors (Lipinski definition) is 0. The van der Waals surface area contributed by atoms with Crippen LogP contribution in [0.25, 0.3) is 192 Å². The molecule has 0 saturated carbocycles. The van der Waals surface area contributed by atoms with E-state index in [4.69, 9.17) is 0 Å². The lowest BCUT2D eigenvalue weighted by Gasteiger charge is -2.21. The lowest BCUT2D eigenvalue weighted by Crippen LogP contribution is -2.03. The van der Waals surface area contributed by atoms with Crippen molar-refractivity contribution in [3.63, 3.8) is 0 Å². The molecule has 15 aromatic carbocycles. The van der Waals surface area contributed by atoms with Crippen molar-refractivity contribution < 1.29 is 0 Å². The molecule has 468 valence electrons. The fraction of sp³-hybridized carbons (Fsp3) is 0.0108. The van der Waals surface area contributed by atoms with Crippen molar-refractivity contribution >= 4 is 137 Å². The Hall–Kier alpha value is -13.9. The standard InChI is InChI=1S/C93H56N8/c1-57-38-44-64(59(50-57)56-94)58-39-45-91(100-87-46-40-60(96-79-29-11-3-20-65(79)66-21-4-12-30-80(66)96)52-73(87)74-53-61(41-47-88(74)100)97-81-31-13-5-22-67(81)68-23-6-14-32-82(68)97)77(51-58)93-78(95-2)28-19-37-92(93)101-89-48-42-62(98-83-33-15-7-24-69(83)70-25-8-16-34-84(70)98)54-75(89)76-55-63(43-49-90(76)101)99-85-35-17-9-26-71(85)72-27-10-18-36-86(72)99/h3-55H,1H3. The zero-order valence-corrected chi connectivity index (χ0v) is 54.7. The summed E-state index contributed by atoms with van der Waals surface area (Å²) in [6.07, 6.45) is 0. The number of nitrogens with zero attached hydrogens (tertiary/aromatic N) is 8. The Labute approximate surface area is 579 Å². The smallest absolute Gasteiger partial charge is 0.197 e. The highest BCUT2D eigenvalue weighted by Gasteiger charge is 2.27. The van der Waals surface area contributed by atoms with E-state index in [1.54, 1.807) is 0 Å². The van der Waals surface area contributed by atoms with Crippen LogP contribution in [-0.2, 0) is 0 Å². The molecule has 0 saturated heterocycles. The molecule has 0 bridgehead atoms. The second kappa shape index (κ2) is 21.5. The normalized spacial score (nSPS) is 12.0. The fourth-order valence-electron chi connectivity index (χ4n) is 17.1. The van der Waals surface area contributed by atoms with Crippen LogP contribution < -0.4 is 0 Å². The largest absolute Gasteiger partial charge is 0.310 e. The summed E-state index contributed by atoms with van der Waals surface area (Å²) in [5, 5.41) is 24.8. The van der Waals surface area contributed by atoms with Gasteiger partial charge in [0, 0.05) is 98.6 Å². The van der Waals surface area contributed by atoms with Crippen LogP contribution in [0.3, 0.4) is 0 Å². The van der Waals surface area contributed by atoms with E-state index < -0.39 is 0 Å². The maximum atomic E-state index is 11.0. The second-order valence-electron chi connectivity index (χ2n) is 26.6. The molecule has 21 rings (SSSR count). The van der Waals surface area contributed by atoms with Gasteiger partial charge in [0.25, 0.3) is 0 Å². The lowest BCUT2D eigenvalue weighted by atomic mass is 9.92. The van der Waals surface area contributed by atoms with Gasteiger partial charge >= 0.3 is 0 Å². The first-order valence-corrected chi connectivity index (χ1v) is 34.2. The third-order valence-electron chi connectivity index (χ3n) is 21.3. The Balaban J connectivity index is 0.864. The summed E-state index contributed by atoms with van der Waals surface area (Å²) in [6, 6.07) is 119. The van der Waals surface area contributed by atoms with Crippen LogP contribution >= 0.6 is 0 Å². The zero-order chi connectivity index (χ0) is 66.7. The molecule has 0 atom stereocenters. The van der Waals surface area contributed by atoms with E-state index in [0.717, 1.165) is 150 Å². The Morgan fingerprint density at radius 3 is 0.911 bits per heavy atom. The molecule has 0 aliphatic carbocycles. The molecule has 101 heavy (non-hydrogen) atoms. The Morgan fingerprint density at radius 2 is 0.584 bits per heavy atom. The molecule has 0 fully saturated rings. The SMILES string of the molecule is [C-]#[N+]c1cccc(-n2c3ccc(-n4c5ccccc5c5ccccc54)cc3c3cc(-n4c5ccccc5c5ccccc54)ccc32)c1-c1cc(-c2ccc(C)cc2C#N)ccc1-n1c2ccc(-n3c4ccccc4c4ccccc43)cc2c2cc(-n3c4ccccc4c4ccccc43)ccc21. The first-order valence-electron chi connectivity index (χ1n) is 34.2. The van der Waals surface area contributed by atoms with Crippen LogP contribution in [0.2, 0.25) is 0 Å². The number of hydrogen-bond acceptors (Lipinski definition) is 1. The molecule has 0 aliphatic heterocycles. The Bertz CT molecular complexity index is 6710. The molecule has 0 amide bonds. The van der Waals surface area contributed by atoms with E-state index in [1.165, 1.54) is 43.1 Å². The predicted octanol–water partition coefficient (Wildman–Crippen LogP) is 24.3. The van der Waals surface area contributed by atoms with E-state index in [2.05, 4.69) is 342 Å². The quantitative estimate of drug-likeness (QED) is 0.140. The summed E-state index contributed by atoms with van der Waals surface area (Å²) >= 11 is 0. The van der Waals surface area contributed by atoms with Crippen LogP contribution in [-0.4, -0.2) is 27.4 Å². The molecule has 0 spiro atoms. The molecule has 0 aliphatic rings. The molecule has 0 unspecified atom stereocenters. The van der Waals surface area contributed by atoms with Crippen molar-refractivity contribution in [2.75, 3.05) is 0 Å². The topological polar surface area (TPSA) is 57.7 Å². The van der Waals surface area contributed by atoms with Crippen LogP contribution in [0.15, 0.2) is 322 Å². The number of para-hydroxylation sites is 8. The fourth-order valence-corrected chi connectivity index (χ4v) is 17.1. The van der Waals surface area contributed by atoms with Crippen LogP contribution in [0.1, 0.15) is 11.1 Å². The maximum Gasteiger partial charge on any atom is 0.197 e. The molecular weight excluding hydrogens is 1230 g/mol. The lowest BCUT2D eigenvalue weighted by molar-refractivity contribution is 1.15. The molecular formula is C93H56N8. The van der Waals surface area contributed by atoms with Gasteiger partial charge in [-0.25, -0.2) is 4.85 Å². The minimum Gasteiger partial charge on any atom is -0.310 e. The zero-order valence-electron chi connectivity index (χ0n) is 54.7. The van der Waals surface area contributed by atoms with Gasteiger partial charge in [0.2, 0.25) is 0 Å². The monoisotopic (exact) mass is 1280 g/mol. The van der Waals surface area contributed by atoms with Crippen molar-refractivity contribution in [2.45, 2.75) is 6.92 Å². The molecule has 21 aromatic rings. The van der Waals surface area contributed by atoms with E-state index in [-0.39, 0.29) is 0 Å². The minimum absolute atomic E-state index is 0.493. The highest BCUT2D eigenvalue weighted by Crippen LogP contribution is 2.49. The average Bonchev–Trinajstić information content (AvgIpc) is 1.58. The number of aryl methyl sites for hydroxylation is 1. The number of nitriles is 1. The summed E-state index contributed by atoms with van der Waals surface area (Å²) in [7, 11) is 0. The van der Waals surface area contributed by atoms with Gasteiger partial charge < -0.3 is 27.4 Å². The molecule has 0 N–H and O–H groups in total. The van der Waals surface area contributed by atoms with Gasteiger partial charge in [-0.05, 0) is 175 Å². The number of benzene rings is 15. The van der Waals surface area contributed by atoms with Crippen molar-refractivity contribution in [3.8, 4) is 62.4 Å². The summed E-state index contributed by atoms with van der Waals surface area (Å²) in [4.78, 5) is 4.53. The predicted molar refractivity (Wildman–Crippen MR) is 419 cm³/mol. The second-order valence-corrected chi connectivity index (χ2v) is 26.6. The third kappa shape index (κ3) is 8.10. The van der Waals surface area contributed by atoms with Crippen molar-refractivity contribution in [3.05, 3.63) is 344 Å². The molecule has 8 nitrogen and oxygen atoms in total. The van der Waals surface area contributed by atoms with Gasteiger partial charge in [0.1, 0.15) is 0 Å². The van der Waals surface area contributed by atoms with Gasteiger partial charge in [0.15, 0.2) is 5.69 Å². The number of rotatable bonds is 8. The Kier molecular flexibility index (Phi) is 12.0. The van der Waals surface area contributed by atoms with Gasteiger partial charge in [-0.2, -0.15) is 5.26 Å². The first kappa shape index (κ1) is 56.3. The molecule has 8 heteroatoms. The van der Waals surface area contributed by atoms with Crippen molar-refractivity contribution in [1.29, 1.82) is 5.26 Å². The third-order valence-corrected chi connectivity index (χ3v) is 21.3. The van der Waals surface area contributed by atoms with Gasteiger partial charge in [-0.1, -0.05) is 176 Å². The highest BCUT2D eigenvalue weighted by atomic mass is 15.0. The summed E-state index contributed by atoms with van der Waals surface area (Å²) in [6.45, 7) is 11.4. The van der Waals surface area contributed by atoms with Crippen LogP contribution in [0, 0.1) is 24.8 Å². The summed E-state index contributed by atoms with van der Waals surface area (Å²) < 4.78 is 14.4. The summed E-state index contributed by atoms with van der Waals surface area (Å²) in [5.41, 5.74) is 24.3. The first-order chi connectivity index (χ1) is 50.0. The van der Waals surface area contributed by atoms with Gasteiger partial charge in [-0.3, -0.25) is 0 Å². The maximum absolute atomic E-state index is 11.0. The van der Waals surface area contributed by atoms with Crippen molar-refractivity contribution in [2.24, 2.45) is 0 Å².